The molecule has 3 amide bonds. The average Bonchev–Trinajstić information content (AvgIpc) is 3.14. The van der Waals surface area contributed by atoms with Crippen molar-refractivity contribution in [2.45, 2.75) is 50.6 Å². The standard InChI is InChI=1S/C26H27F2N3O3/c27-18-3-1-16(2-4-18)7-10-30-11-8-17(9-12-30)20-13-19(28)14-21-22(20)15-31(26(21)34)23-5-6-24(32)29-25(23)33/h1-4,13-14,17,23H,5-12,15H2,(H,29,32,33). The monoisotopic (exact) mass is 467 g/mol. The summed E-state index contributed by atoms with van der Waals surface area (Å²) in [6.45, 7) is 2.87. The number of nitrogens with zero attached hydrogens (tertiary/aromatic N) is 2. The molecule has 2 saturated heterocycles. The van der Waals surface area contributed by atoms with Gasteiger partial charge < -0.3 is 9.80 Å². The lowest BCUT2D eigenvalue weighted by atomic mass is 9.85. The first-order valence-electron chi connectivity index (χ1n) is 11.8. The van der Waals surface area contributed by atoms with Crippen molar-refractivity contribution in [2.75, 3.05) is 19.6 Å². The van der Waals surface area contributed by atoms with Crippen LogP contribution in [0, 0.1) is 11.6 Å². The highest BCUT2D eigenvalue weighted by Gasteiger charge is 2.41. The van der Waals surface area contributed by atoms with Gasteiger partial charge in [0, 0.05) is 25.1 Å². The Hall–Kier alpha value is -3.13. The third kappa shape index (κ3) is 4.46. The topological polar surface area (TPSA) is 69.7 Å². The van der Waals surface area contributed by atoms with E-state index in [1.807, 2.05) is 12.1 Å². The van der Waals surface area contributed by atoms with Crippen LogP contribution in [-0.2, 0) is 22.6 Å². The number of nitrogens with one attached hydrogen (secondary N) is 1. The summed E-state index contributed by atoms with van der Waals surface area (Å²) in [4.78, 5) is 40.7. The molecule has 3 heterocycles. The van der Waals surface area contributed by atoms with Crippen LogP contribution in [0.1, 0.15) is 58.6 Å². The molecule has 34 heavy (non-hydrogen) atoms. The number of benzene rings is 2. The van der Waals surface area contributed by atoms with Crippen LogP contribution in [0.15, 0.2) is 36.4 Å². The second kappa shape index (κ2) is 9.25. The van der Waals surface area contributed by atoms with Gasteiger partial charge in [-0.15, -0.1) is 0 Å². The van der Waals surface area contributed by atoms with E-state index in [1.54, 1.807) is 6.07 Å². The van der Waals surface area contributed by atoms with E-state index in [9.17, 15) is 23.2 Å². The Morgan fingerprint density at radius 2 is 1.68 bits per heavy atom. The molecule has 1 N–H and O–H groups in total. The van der Waals surface area contributed by atoms with Crippen LogP contribution in [0.2, 0.25) is 0 Å². The second-order valence-electron chi connectivity index (χ2n) is 9.41. The summed E-state index contributed by atoms with van der Waals surface area (Å²) in [7, 11) is 0. The number of halogens is 2. The minimum absolute atomic E-state index is 0.140. The van der Waals surface area contributed by atoms with Crippen molar-refractivity contribution in [2.24, 2.45) is 0 Å². The number of hydrogen-bond acceptors (Lipinski definition) is 4. The molecule has 2 aromatic rings. The first kappa shape index (κ1) is 22.7. The summed E-state index contributed by atoms with van der Waals surface area (Å²) in [5, 5.41) is 2.30. The molecule has 2 aromatic carbocycles. The van der Waals surface area contributed by atoms with E-state index in [4.69, 9.17) is 0 Å². The minimum atomic E-state index is -0.707. The molecule has 0 aliphatic carbocycles. The van der Waals surface area contributed by atoms with Crippen LogP contribution in [-0.4, -0.2) is 53.2 Å². The third-order valence-electron chi connectivity index (χ3n) is 7.31. The van der Waals surface area contributed by atoms with Gasteiger partial charge >= 0.3 is 0 Å². The highest BCUT2D eigenvalue weighted by molar-refractivity contribution is 6.05. The van der Waals surface area contributed by atoms with Gasteiger partial charge in [-0.3, -0.25) is 19.7 Å². The fourth-order valence-electron chi connectivity index (χ4n) is 5.42. The molecule has 0 spiro atoms. The fraction of sp³-hybridized carbons (Fsp3) is 0.423. The maximum atomic E-state index is 14.5. The molecule has 8 heteroatoms. The number of rotatable bonds is 5. The summed E-state index contributed by atoms with van der Waals surface area (Å²) in [6.07, 6.45) is 3.02. The Balaban J connectivity index is 1.26. The Kier molecular flexibility index (Phi) is 6.16. The van der Waals surface area contributed by atoms with Gasteiger partial charge in [-0.05, 0) is 85.6 Å². The zero-order valence-corrected chi connectivity index (χ0v) is 18.9. The fourth-order valence-corrected chi connectivity index (χ4v) is 5.42. The van der Waals surface area contributed by atoms with Crippen molar-refractivity contribution in [3.63, 3.8) is 0 Å². The van der Waals surface area contributed by atoms with Crippen molar-refractivity contribution in [1.29, 1.82) is 0 Å². The van der Waals surface area contributed by atoms with Crippen LogP contribution in [0.5, 0.6) is 0 Å². The number of carbonyl (C=O) groups is 3. The molecule has 5 rings (SSSR count). The predicted molar refractivity (Wildman–Crippen MR) is 121 cm³/mol. The number of piperidine rings is 2. The van der Waals surface area contributed by atoms with Crippen LogP contribution in [0.4, 0.5) is 8.78 Å². The molecule has 1 atom stereocenters. The molecular formula is C26H27F2N3O3. The van der Waals surface area contributed by atoms with E-state index in [1.165, 1.54) is 23.1 Å². The number of fused-ring (bicyclic) bond motifs is 1. The van der Waals surface area contributed by atoms with Crippen molar-refractivity contribution in [3.8, 4) is 0 Å². The van der Waals surface area contributed by atoms with E-state index in [0.717, 1.165) is 55.6 Å². The Labute approximate surface area is 196 Å². The van der Waals surface area contributed by atoms with Crippen LogP contribution in [0.25, 0.3) is 0 Å². The number of hydrogen-bond donors (Lipinski definition) is 1. The summed E-state index contributed by atoms with van der Waals surface area (Å²) in [6, 6.07) is 8.68. The summed E-state index contributed by atoms with van der Waals surface area (Å²) in [5.74, 6) is -1.67. The molecule has 6 nitrogen and oxygen atoms in total. The Bertz CT molecular complexity index is 1130. The van der Waals surface area contributed by atoms with Crippen molar-refractivity contribution in [3.05, 3.63) is 70.3 Å². The van der Waals surface area contributed by atoms with Gasteiger partial charge in [0.15, 0.2) is 0 Å². The molecule has 1 unspecified atom stereocenters. The van der Waals surface area contributed by atoms with Crippen molar-refractivity contribution in [1.82, 2.24) is 15.1 Å². The van der Waals surface area contributed by atoms with E-state index in [0.29, 0.717) is 5.56 Å². The van der Waals surface area contributed by atoms with Crippen molar-refractivity contribution < 1.29 is 23.2 Å². The molecule has 0 saturated carbocycles. The van der Waals surface area contributed by atoms with Crippen LogP contribution < -0.4 is 5.32 Å². The lowest BCUT2D eigenvalue weighted by Gasteiger charge is -2.33. The molecule has 3 aliphatic heterocycles. The first-order valence-corrected chi connectivity index (χ1v) is 11.8. The number of amides is 3. The molecular weight excluding hydrogens is 440 g/mol. The Morgan fingerprint density at radius 3 is 2.38 bits per heavy atom. The van der Waals surface area contributed by atoms with Crippen LogP contribution in [0.3, 0.4) is 0 Å². The van der Waals surface area contributed by atoms with Gasteiger partial charge in [0.25, 0.3) is 5.91 Å². The van der Waals surface area contributed by atoms with Gasteiger partial charge in [-0.25, -0.2) is 8.78 Å². The van der Waals surface area contributed by atoms with E-state index in [-0.39, 0.29) is 42.9 Å². The predicted octanol–water partition coefficient (Wildman–Crippen LogP) is 3.15. The van der Waals surface area contributed by atoms with Gasteiger partial charge in [0.2, 0.25) is 11.8 Å². The lowest BCUT2D eigenvalue weighted by Crippen LogP contribution is -2.52. The highest BCUT2D eigenvalue weighted by atomic mass is 19.1. The van der Waals surface area contributed by atoms with E-state index < -0.39 is 17.8 Å². The normalized spacial score (nSPS) is 21.6. The van der Waals surface area contributed by atoms with Gasteiger partial charge in [-0.1, -0.05) is 12.1 Å². The molecule has 0 bridgehead atoms. The Morgan fingerprint density at radius 1 is 0.941 bits per heavy atom. The first-order chi connectivity index (χ1) is 16.4. The second-order valence-corrected chi connectivity index (χ2v) is 9.41. The molecule has 0 radical (unpaired) electrons. The minimum Gasteiger partial charge on any atom is -0.322 e. The molecule has 178 valence electrons. The van der Waals surface area contributed by atoms with Crippen LogP contribution >= 0.6 is 0 Å². The average molecular weight is 468 g/mol. The third-order valence-corrected chi connectivity index (χ3v) is 7.31. The summed E-state index contributed by atoms with van der Waals surface area (Å²) >= 11 is 0. The van der Waals surface area contributed by atoms with Gasteiger partial charge in [0.1, 0.15) is 17.7 Å². The maximum Gasteiger partial charge on any atom is 0.255 e. The van der Waals surface area contributed by atoms with Gasteiger partial charge in [-0.2, -0.15) is 0 Å². The van der Waals surface area contributed by atoms with E-state index >= 15 is 0 Å². The van der Waals surface area contributed by atoms with E-state index in [2.05, 4.69) is 10.2 Å². The van der Waals surface area contributed by atoms with Crippen molar-refractivity contribution >= 4 is 17.7 Å². The summed E-state index contributed by atoms with van der Waals surface area (Å²) in [5.41, 5.74) is 3.09. The smallest absolute Gasteiger partial charge is 0.255 e. The zero-order chi connectivity index (χ0) is 23.8. The molecule has 0 aromatic heterocycles. The highest BCUT2D eigenvalue weighted by Crippen LogP contribution is 2.37. The SMILES string of the molecule is O=C1CCC(N2Cc3c(cc(F)cc3C3CCN(CCc4ccc(F)cc4)CC3)C2=O)C(=O)N1. The quantitative estimate of drug-likeness (QED) is 0.686. The lowest BCUT2D eigenvalue weighted by molar-refractivity contribution is -0.136. The number of imide groups is 1. The molecule has 2 fully saturated rings. The van der Waals surface area contributed by atoms with Gasteiger partial charge in [0.05, 0.1) is 0 Å². The zero-order valence-electron chi connectivity index (χ0n) is 18.9. The molecule has 3 aliphatic rings. The summed E-state index contributed by atoms with van der Waals surface area (Å²) < 4.78 is 27.6. The number of carbonyl (C=O) groups excluding carboxylic acids is 3. The maximum absolute atomic E-state index is 14.5. The number of likely N-dealkylation sites (tertiary alicyclic amines) is 1. The largest absolute Gasteiger partial charge is 0.322 e.